The molecule has 1 aromatic rings. The van der Waals surface area contributed by atoms with Crippen LogP contribution in [0.5, 0.6) is 0 Å². The smallest absolute Gasteiger partial charge is 0.253 e. The fraction of sp³-hybridized carbons (Fsp3) is 0.533. The van der Waals surface area contributed by atoms with E-state index in [-0.39, 0.29) is 12.0 Å². The number of carbonyl (C=O) groups is 1. The van der Waals surface area contributed by atoms with Crippen molar-refractivity contribution in [3.05, 3.63) is 29.3 Å². The quantitative estimate of drug-likeness (QED) is 0.587. The van der Waals surface area contributed by atoms with Gasteiger partial charge in [-0.15, -0.1) is 0 Å². The molecule has 0 aliphatic heterocycles. The van der Waals surface area contributed by atoms with Gasteiger partial charge in [0.05, 0.1) is 11.7 Å². The van der Waals surface area contributed by atoms with Crippen LogP contribution in [-0.4, -0.2) is 25.2 Å². The van der Waals surface area contributed by atoms with Crippen molar-refractivity contribution in [1.29, 1.82) is 0 Å². The highest BCUT2D eigenvalue weighted by atomic mass is 16.5. The molecule has 0 saturated carbocycles. The number of hydrogen-bond donors (Lipinski definition) is 2. The highest BCUT2D eigenvalue weighted by Crippen LogP contribution is 2.15. The molecule has 0 unspecified atom stereocenters. The average molecular weight is 264 g/mol. The van der Waals surface area contributed by atoms with Gasteiger partial charge in [0.1, 0.15) is 0 Å². The van der Waals surface area contributed by atoms with E-state index in [4.69, 9.17) is 10.5 Å². The number of hydrogen-bond acceptors (Lipinski definition) is 3. The molecular formula is C15H24N2O2. The number of benzene rings is 1. The Bertz CT molecular complexity index is 396. The van der Waals surface area contributed by atoms with E-state index in [1.165, 1.54) is 0 Å². The van der Waals surface area contributed by atoms with Crippen molar-refractivity contribution in [1.82, 2.24) is 5.32 Å². The second-order valence-corrected chi connectivity index (χ2v) is 4.92. The van der Waals surface area contributed by atoms with Crippen LogP contribution in [0.1, 0.15) is 42.6 Å². The van der Waals surface area contributed by atoms with Crippen LogP contribution in [-0.2, 0) is 4.74 Å². The van der Waals surface area contributed by atoms with E-state index in [0.29, 0.717) is 17.8 Å². The molecule has 19 heavy (non-hydrogen) atoms. The van der Waals surface area contributed by atoms with Crippen LogP contribution in [0.3, 0.4) is 0 Å². The fourth-order valence-electron chi connectivity index (χ4n) is 1.84. The molecule has 1 amide bonds. The SMILES string of the molecule is Cc1cccc(N)c1C(=O)NCCCCOC(C)C. The summed E-state index contributed by atoms with van der Waals surface area (Å²) in [5.74, 6) is -0.0969. The molecule has 0 radical (unpaired) electrons. The summed E-state index contributed by atoms with van der Waals surface area (Å²) < 4.78 is 5.44. The van der Waals surface area contributed by atoms with Gasteiger partial charge in [-0.3, -0.25) is 4.79 Å². The molecule has 1 aromatic carbocycles. The summed E-state index contributed by atoms with van der Waals surface area (Å²) in [5, 5.41) is 2.89. The third kappa shape index (κ3) is 5.30. The Morgan fingerprint density at radius 3 is 2.74 bits per heavy atom. The topological polar surface area (TPSA) is 64.4 Å². The standard InChI is InChI=1S/C15H24N2O2/c1-11(2)19-10-5-4-9-17-15(18)14-12(3)7-6-8-13(14)16/h6-8,11H,4-5,9-10,16H2,1-3H3,(H,17,18). The number of unbranched alkanes of at least 4 members (excludes halogenated alkanes) is 1. The highest BCUT2D eigenvalue weighted by molar-refractivity contribution is 6.00. The van der Waals surface area contributed by atoms with Gasteiger partial charge in [-0.25, -0.2) is 0 Å². The maximum absolute atomic E-state index is 12.0. The van der Waals surface area contributed by atoms with Crippen molar-refractivity contribution in [3.8, 4) is 0 Å². The van der Waals surface area contributed by atoms with E-state index in [2.05, 4.69) is 5.32 Å². The van der Waals surface area contributed by atoms with Gasteiger partial charge in [0.25, 0.3) is 5.91 Å². The van der Waals surface area contributed by atoms with Gasteiger partial charge < -0.3 is 15.8 Å². The first kappa shape index (κ1) is 15.5. The van der Waals surface area contributed by atoms with Gasteiger partial charge in [-0.1, -0.05) is 12.1 Å². The molecule has 0 fully saturated rings. The van der Waals surface area contributed by atoms with Crippen LogP contribution >= 0.6 is 0 Å². The van der Waals surface area contributed by atoms with Crippen LogP contribution in [0, 0.1) is 6.92 Å². The van der Waals surface area contributed by atoms with Gasteiger partial charge in [-0.2, -0.15) is 0 Å². The van der Waals surface area contributed by atoms with Gasteiger partial charge >= 0.3 is 0 Å². The number of anilines is 1. The zero-order chi connectivity index (χ0) is 14.3. The van der Waals surface area contributed by atoms with Crippen LogP contribution < -0.4 is 11.1 Å². The summed E-state index contributed by atoms with van der Waals surface area (Å²) in [4.78, 5) is 12.0. The molecule has 0 atom stereocenters. The Morgan fingerprint density at radius 1 is 1.37 bits per heavy atom. The predicted octanol–water partition coefficient (Wildman–Crippen LogP) is 2.51. The molecule has 0 aliphatic rings. The molecule has 0 bridgehead atoms. The average Bonchev–Trinajstić information content (AvgIpc) is 2.33. The molecule has 4 nitrogen and oxygen atoms in total. The molecule has 4 heteroatoms. The lowest BCUT2D eigenvalue weighted by Crippen LogP contribution is -2.26. The first-order chi connectivity index (χ1) is 9.02. The molecule has 1 rings (SSSR count). The van der Waals surface area contributed by atoms with Crippen molar-refractivity contribution in [2.75, 3.05) is 18.9 Å². The summed E-state index contributed by atoms with van der Waals surface area (Å²) in [6.07, 6.45) is 2.12. The van der Waals surface area contributed by atoms with Crippen LogP contribution in [0.15, 0.2) is 18.2 Å². The number of ether oxygens (including phenoxy) is 1. The third-order valence-corrected chi connectivity index (χ3v) is 2.84. The molecule has 106 valence electrons. The number of amides is 1. The Balaban J connectivity index is 2.32. The minimum Gasteiger partial charge on any atom is -0.398 e. The second-order valence-electron chi connectivity index (χ2n) is 4.92. The van der Waals surface area contributed by atoms with E-state index in [1.54, 1.807) is 6.07 Å². The van der Waals surface area contributed by atoms with Crippen molar-refractivity contribution >= 4 is 11.6 Å². The molecule has 0 saturated heterocycles. The lowest BCUT2D eigenvalue weighted by atomic mass is 10.1. The summed E-state index contributed by atoms with van der Waals surface area (Å²) in [5.41, 5.74) is 7.84. The Morgan fingerprint density at radius 2 is 2.11 bits per heavy atom. The zero-order valence-corrected chi connectivity index (χ0v) is 12.0. The van der Waals surface area contributed by atoms with Crippen LogP contribution in [0.2, 0.25) is 0 Å². The number of carbonyl (C=O) groups excluding carboxylic acids is 1. The van der Waals surface area contributed by atoms with Crippen molar-refractivity contribution < 1.29 is 9.53 Å². The highest BCUT2D eigenvalue weighted by Gasteiger charge is 2.11. The van der Waals surface area contributed by atoms with E-state index in [1.807, 2.05) is 32.9 Å². The number of aryl methyl sites for hydroxylation is 1. The minimum atomic E-state index is -0.0969. The largest absolute Gasteiger partial charge is 0.398 e. The Hall–Kier alpha value is -1.55. The number of nitrogen functional groups attached to an aromatic ring is 1. The van der Waals surface area contributed by atoms with Crippen molar-refractivity contribution in [2.45, 2.75) is 39.7 Å². The lowest BCUT2D eigenvalue weighted by Gasteiger charge is -2.10. The van der Waals surface area contributed by atoms with E-state index < -0.39 is 0 Å². The summed E-state index contributed by atoms with van der Waals surface area (Å²) in [7, 11) is 0. The van der Waals surface area contributed by atoms with Crippen molar-refractivity contribution in [2.24, 2.45) is 0 Å². The number of nitrogens with two attached hydrogens (primary N) is 1. The molecule has 0 spiro atoms. The van der Waals surface area contributed by atoms with Crippen molar-refractivity contribution in [3.63, 3.8) is 0 Å². The van der Waals surface area contributed by atoms with E-state index in [0.717, 1.165) is 25.0 Å². The molecular weight excluding hydrogens is 240 g/mol. The molecule has 0 aromatic heterocycles. The lowest BCUT2D eigenvalue weighted by molar-refractivity contribution is 0.0754. The van der Waals surface area contributed by atoms with Gasteiger partial charge in [-0.05, 0) is 45.2 Å². The van der Waals surface area contributed by atoms with Gasteiger partial charge in [0.15, 0.2) is 0 Å². The maximum Gasteiger partial charge on any atom is 0.253 e. The summed E-state index contributed by atoms with van der Waals surface area (Å²) >= 11 is 0. The van der Waals surface area contributed by atoms with E-state index in [9.17, 15) is 4.79 Å². The van der Waals surface area contributed by atoms with Crippen LogP contribution in [0.25, 0.3) is 0 Å². The summed E-state index contributed by atoms with van der Waals surface area (Å²) in [6.45, 7) is 7.31. The normalized spacial score (nSPS) is 10.7. The molecule has 0 heterocycles. The Labute approximate surface area is 115 Å². The van der Waals surface area contributed by atoms with Gasteiger partial charge in [0, 0.05) is 18.8 Å². The predicted molar refractivity (Wildman–Crippen MR) is 78.2 cm³/mol. The monoisotopic (exact) mass is 264 g/mol. The summed E-state index contributed by atoms with van der Waals surface area (Å²) in [6, 6.07) is 5.49. The molecule has 3 N–H and O–H groups in total. The molecule has 0 aliphatic carbocycles. The Kier molecular flexibility index (Phi) is 6.36. The third-order valence-electron chi connectivity index (χ3n) is 2.84. The van der Waals surface area contributed by atoms with Gasteiger partial charge in [0.2, 0.25) is 0 Å². The number of nitrogens with one attached hydrogen (secondary N) is 1. The minimum absolute atomic E-state index is 0.0969. The second kappa shape index (κ2) is 7.79. The fourth-order valence-corrected chi connectivity index (χ4v) is 1.84. The maximum atomic E-state index is 12.0. The van der Waals surface area contributed by atoms with Crippen LogP contribution in [0.4, 0.5) is 5.69 Å². The zero-order valence-electron chi connectivity index (χ0n) is 12.0. The first-order valence-corrected chi connectivity index (χ1v) is 6.77. The van der Waals surface area contributed by atoms with E-state index >= 15 is 0 Å². The number of rotatable bonds is 7. The first-order valence-electron chi connectivity index (χ1n) is 6.77.